The Labute approximate surface area is 167 Å². The number of ether oxygens (including phenoxy) is 2. The summed E-state index contributed by atoms with van der Waals surface area (Å²) in [5.74, 6) is -0.867. The summed E-state index contributed by atoms with van der Waals surface area (Å²) in [4.78, 5) is 28.8. The molecular formula is C21H19ClN2O4. The molecule has 0 atom stereocenters. The Morgan fingerprint density at radius 3 is 2.64 bits per heavy atom. The second kappa shape index (κ2) is 8.27. The second-order valence-electron chi connectivity index (χ2n) is 6.09. The molecule has 7 heteroatoms. The number of amides is 1. The van der Waals surface area contributed by atoms with Gasteiger partial charge in [0, 0.05) is 10.4 Å². The summed E-state index contributed by atoms with van der Waals surface area (Å²) in [5.41, 5.74) is 7.82. The molecule has 0 spiro atoms. The van der Waals surface area contributed by atoms with Crippen molar-refractivity contribution in [1.82, 2.24) is 4.98 Å². The summed E-state index contributed by atoms with van der Waals surface area (Å²) in [6, 6.07) is 12.1. The van der Waals surface area contributed by atoms with Gasteiger partial charge in [0.05, 0.1) is 28.9 Å². The van der Waals surface area contributed by atoms with E-state index in [1.165, 1.54) is 6.07 Å². The first-order chi connectivity index (χ1) is 13.4. The van der Waals surface area contributed by atoms with Crippen molar-refractivity contribution < 1.29 is 19.1 Å². The Morgan fingerprint density at radius 1 is 1.18 bits per heavy atom. The third-order valence-electron chi connectivity index (χ3n) is 4.28. The minimum atomic E-state index is -0.661. The van der Waals surface area contributed by atoms with E-state index in [1.54, 1.807) is 19.1 Å². The Bertz CT molecular complexity index is 1070. The van der Waals surface area contributed by atoms with Crippen LogP contribution in [0.5, 0.6) is 5.75 Å². The molecule has 2 N–H and O–H groups in total. The van der Waals surface area contributed by atoms with Gasteiger partial charge in [0.25, 0.3) is 5.91 Å². The molecule has 1 aromatic heterocycles. The Hall–Kier alpha value is -3.12. The molecule has 1 heterocycles. The Kier molecular flexibility index (Phi) is 5.80. The van der Waals surface area contributed by atoms with E-state index in [0.29, 0.717) is 16.3 Å². The number of aryl methyl sites for hydroxylation is 1. The van der Waals surface area contributed by atoms with E-state index in [1.807, 2.05) is 31.2 Å². The van der Waals surface area contributed by atoms with Gasteiger partial charge < -0.3 is 15.2 Å². The van der Waals surface area contributed by atoms with E-state index in [2.05, 4.69) is 4.98 Å². The molecule has 3 rings (SSSR count). The van der Waals surface area contributed by atoms with Crippen LogP contribution in [0.4, 0.5) is 0 Å². The van der Waals surface area contributed by atoms with E-state index in [-0.39, 0.29) is 24.5 Å². The number of hydrogen-bond donors (Lipinski definition) is 1. The summed E-state index contributed by atoms with van der Waals surface area (Å²) >= 11 is 5.93. The highest BCUT2D eigenvalue weighted by Gasteiger charge is 2.21. The predicted octanol–water partition coefficient (Wildman–Crippen LogP) is 4.05. The zero-order valence-electron chi connectivity index (χ0n) is 15.5. The molecule has 0 aliphatic heterocycles. The maximum atomic E-state index is 12.6. The Morgan fingerprint density at radius 2 is 1.93 bits per heavy atom. The molecule has 0 aliphatic rings. The quantitative estimate of drug-likeness (QED) is 0.632. The molecule has 1 amide bonds. The largest absolute Gasteiger partial charge is 0.486 e. The van der Waals surface area contributed by atoms with Crippen molar-refractivity contribution in [3.8, 4) is 5.75 Å². The number of carbonyl (C=O) groups excluding carboxylic acids is 2. The van der Waals surface area contributed by atoms with Crippen molar-refractivity contribution in [1.29, 1.82) is 0 Å². The SMILES string of the molecule is CCOC(=O)c1c(COc2ccc(Cl)cc2C(N)=O)nc2ccccc2c1C. The summed E-state index contributed by atoms with van der Waals surface area (Å²) in [5, 5.41) is 1.23. The number of benzene rings is 2. The lowest BCUT2D eigenvalue weighted by Crippen LogP contribution is -2.16. The number of pyridine rings is 1. The van der Waals surface area contributed by atoms with Crippen LogP contribution in [0, 0.1) is 6.92 Å². The van der Waals surface area contributed by atoms with Crippen LogP contribution in [0.15, 0.2) is 42.5 Å². The molecule has 0 bridgehead atoms. The normalized spacial score (nSPS) is 10.7. The molecule has 0 radical (unpaired) electrons. The van der Waals surface area contributed by atoms with Crippen molar-refractivity contribution in [3.63, 3.8) is 0 Å². The van der Waals surface area contributed by atoms with Crippen molar-refractivity contribution in [2.24, 2.45) is 5.73 Å². The molecule has 2 aromatic carbocycles. The van der Waals surface area contributed by atoms with E-state index in [4.69, 9.17) is 26.8 Å². The van der Waals surface area contributed by atoms with Crippen LogP contribution in [-0.4, -0.2) is 23.5 Å². The molecular weight excluding hydrogens is 380 g/mol. The van der Waals surface area contributed by atoms with Crippen LogP contribution in [0.2, 0.25) is 5.02 Å². The molecule has 0 saturated heterocycles. The first-order valence-corrected chi connectivity index (χ1v) is 9.07. The smallest absolute Gasteiger partial charge is 0.340 e. The standard InChI is InChI=1S/C21H19ClN2O4/c1-3-27-21(26)19-12(2)14-6-4-5-7-16(14)24-17(19)11-28-18-9-8-13(22)10-15(18)20(23)25/h4-10H,3,11H2,1-2H3,(H2,23,25). The van der Waals surface area contributed by atoms with Crippen molar-refractivity contribution >= 4 is 34.4 Å². The van der Waals surface area contributed by atoms with Crippen molar-refractivity contribution in [2.75, 3.05) is 6.61 Å². The fourth-order valence-corrected chi connectivity index (χ4v) is 3.16. The zero-order chi connectivity index (χ0) is 20.3. The van der Waals surface area contributed by atoms with Crippen LogP contribution < -0.4 is 10.5 Å². The highest BCUT2D eigenvalue weighted by Crippen LogP contribution is 2.27. The number of primary amides is 1. The van der Waals surface area contributed by atoms with Gasteiger partial charge in [0.1, 0.15) is 12.4 Å². The maximum Gasteiger partial charge on any atom is 0.340 e. The van der Waals surface area contributed by atoms with Crippen molar-refractivity contribution in [2.45, 2.75) is 20.5 Å². The lowest BCUT2D eigenvalue weighted by molar-refractivity contribution is 0.0521. The fraction of sp³-hybridized carbons (Fsp3) is 0.190. The number of esters is 1. The van der Waals surface area contributed by atoms with Gasteiger partial charge in [-0.3, -0.25) is 4.79 Å². The van der Waals surface area contributed by atoms with Crippen LogP contribution >= 0.6 is 11.6 Å². The monoisotopic (exact) mass is 398 g/mol. The summed E-state index contributed by atoms with van der Waals surface area (Å²) in [6.45, 7) is 3.79. The van der Waals surface area contributed by atoms with Gasteiger partial charge in [-0.05, 0) is 43.7 Å². The number of halogens is 1. The predicted molar refractivity (Wildman–Crippen MR) is 107 cm³/mol. The summed E-state index contributed by atoms with van der Waals surface area (Å²) in [7, 11) is 0. The second-order valence-corrected chi connectivity index (χ2v) is 6.53. The van der Waals surface area contributed by atoms with Gasteiger partial charge in [0.2, 0.25) is 0 Å². The van der Waals surface area contributed by atoms with E-state index >= 15 is 0 Å². The Balaban J connectivity index is 2.04. The molecule has 0 saturated carbocycles. The molecule has 3 aromatic rings. The highest BCUT2D eigenvalue weighted by molar-refractivity contribution is 6.31. The number of hydrogen-bond acceptors (Lipinski definition) is 5. The van der Waals surface area contributed by atoms with Crippen LogP contribution in [0.3, 0.4) is 0 Å². The van der Waals surface area contributed by atoms with Gasteiger partial charge in [0.15, 0.2) is 0 Å². The lowest BCUT2D eigenvalue weighted by Gasteiger charge is -2.15. The van der Waals surface area contributed by atoms with Gasteiger partial charge in [-0.1, -0.05) is 29.8 Å². The molecule has 144 valence electrons. The average molecular weight is 399 g/mol. The van der Waals surface area contributed by atoms with Crippen LogP contribution in [0.25, 0.3) is 10.9 Å². The minimum Gasteiger partial charge on any atom is -0.486 e. The fourth-order valence-electron chi connectivity index (χ4n) is 2.99. The van der Waals surface area contributed by atoms with Gasteiger partial charge in [-0.25, -0.2) is 9.78 Å². The molecule has 0 aliphatic carbocycles. The minimum absolute atomic E-state index is 0.0399. The molecule has 28 heavy (non-hydrogen) atoms. The van der Waals surface area contributed by atoms with Crippen molar-refractivity contribution in [3.05, 3.63) is 69.9 Å². The first-order valence-electron chi connectivity index (χ1n) is 8.69. The maximum absolute atomic E-state index is 12.6. The summed E-state index contributed by atoms with van der Waals surface area (Å²) < 4.78 is 11.0. The van der Waals surface area contributed by atoms with Gasteiger partial charge >= 0.3 is 5.97 Å². The molecule has 0 unspecified atom stereocenters. The third kappa shape index (κ3) is 3.92. The summed E-state index contributed by atoms with van der Waals surface area (Å²) in [6.07, 6.45) is 0. The average Bonchev–Trinajstić information content (AvgIpc) is 2.67. The number of nitrogens with two attached hydrogens (primary N) is 1. The molecule has 0 fully saturated rings. The van der Waals surface area contributed by atoms with E-state index in [0.717, 1.165) is 16.5 Å². The van der Waals surface area contributed by atoms with E-state index < -0.39 is 11.9 Å². The number of carbonyl (C=O) groups is 2. The van der Waals surface area contributed by atoms with Crippen LogP contribution in [-0.2, 0) is 11.3 Å². The lowest BCUT2D eigenvalue weighted by atomic mass is 10.0. The number of para-hydroxylation sites is 1. The number of nitrogens with zero attached hydrogens (tertiary/aromatic N) is 1. The third-order valence-corrected chi connectivity index (χ3v) is 4.51. The van der Waals surface area contributed by atoms with E-state index in [9.17, 15) is 9.59 Å². The number of rotatable bonds is 6. The van der Waals surface area contributed by atoms with Gasteiger partial charge in [-0.2, -0.15) is 0 Å². The highest BCUT2D eigenvalue weighted by atomic mass is 35.5. The number of aromatic nitrogens is 1. The van der Waals surface area contributed by atoms with Gasteiger partial charge in [-0.15, -0.1) is 0 Å². The topological polar surface area (TPSA) is 91.5 Å². The zero-order valence-corrected chi connectivity index (χ0v) is 16.2. The molecule has 6 nitrogen and oxygen atoms in total. The first kappa shape index (κ1) is 19.6. The number of fused-ring (bicyclic) bond motifs is 1. The van der Waals surface area contributed by atoms with Crippen LogP contribution in [0.1, 0.15) is 38.9 Å².